The van der Waals surface area contributed by atoms with Gasteiger partial charge >= 0.3 is 0 Å². The van der Waals surface area contributed by atoms with Crippen LogP contribution in [0.2, 0.25) is 0 Å². The molecule has 1 atom stereocenters. The molecule has 0 saturated heterocycles. The van der Waals surface area contributed by atoms with Gasteiger partial charge in [0, 0.05) is 6.07 Å². The van der Waals surface area contributed by atoms with Crippen molar-refractivity contribution >= 4 is 27.5 Å². The van der Waals surface area contributed by atoms with Crippen molar-refractivity contribution < 1.29 is 14.3 Å². The van der Waals surface area contributed by atoms with Crippen molar-refractivity contribution in [3.63, 3.8) is 0 Å². The molecule has 0 radical (unpaired) electrons. The predicted octanol–water partition coefficient (Wildman–Crippen LogP) is 2.43. The van der Waals surface area contributed by atoms with Gasteiger partial charge in [0.15, 0.2) is 0 Å². The number of benzene rings is 1. The monoisotopic (exact) mass is 287 g/mol. The molecule has 1 amide bonds. The molecule has 0 spiro atoms. The van der Waals surface area contributed by atoms with Crippen LogP contribution < -0.4 is 14.8 Å². The van der Waals surface area contributed by atoms with Crippen LogP contribution in [0.3, 0.4) is 0 Å². The van der Waals surface area contributed by atoms with Crippen molar-refractivity contribution in [3.05, 3.63) is 18.2 Å². The molecule has 0 fully saturated rings. The van der Waals surface area contributed by atoms with Gasteiger partial charge in [-0.05, 0) is 19.1 Å². The summed E-state index contributed by atoms with van der Waals surface area (Å²) in [7, 11) is 3.12. The lowest BCUT2D eigenvalue weighted by Gasteiger charge is -2.12. The molecule has 0 unspecified atom stereocenters. The molecular formula is C11H14BrNO3. The number of halogens is 1. The second-order valence-electron chi connectivity index (χ2n) is 3.17. The van der Waals surface area contributed by atoms with Crippen molar-refractivity contribution in [2.24, 2.45) is 0 Å². The van der Waals surface area contributed by atoms with Gasteiger partial charge in [-0.25, -0.2) is 0 Å². The van der Waals surface area contributed by atoms with Gasteiger partial charge in [0.25, 0.3) is 0 Å². The largest absolute Gasteiger partial charge is 0.497 e. The van der Waals surface area contributed by atoms with E-state index in [4.69, 9.17) is 9.47 Å². The summed E-state index contributed by atoms with van der Waals surface area (Å²) in [5.41, 5.74) is 0.625. The van der Waals surface area contributed by atoms with Gasteiger partial charge < -0.3 is 14.8 Å². The Morgan fingerprint density at radius 1 is 1.38 bits per heavy atom. The van der Waals surface area contributed by atoms with Gasteiger partial charge in [-0.2, -0.15) is 0 Å². The number of carbonyl (C=O) groups is 1. The summed E-state index contributed by atoms with van der Waals surface area (Å²) in [6, 6.07) is 5.22. The van der Waals surface area contributed by atoms with E-state index in [1.807, 2.05) is 0 Å². The Hall–Kier alpha value is -1.23. The second-order valence-corrected chi connectivity index (χ2v) is 4.54. The molecule has 1 N–H and O–H groups in total. The highest BCUT2D eigenvalue weighted by Gasteiger charge is 2.12. The minimum Gasteiger partial charge on any atom is -0.497 e. The lowest BCUT2D eigenvalue weighted by atomic mass is 10.2. The van der Waals surface area contributed by atoms with Crippen molar-refractivity contribution in [3.8, 4) is 11.5 Å². The molecule has 0 heterocycles. The maximum Gasteiger partial charge on any atom is 0.237 e. The average molecular weight is 288 g/mol. The van der Waals surface area contributed by atoms with Crippen LogP contribution in [0.25, 0.3) is 0 Å². The molecule has 0 aliphatic carbocycles. The molecule has 0 aliphatic heterocycles. The van der Waals surface area contributed by atoms with E-state index < -0.39 is 0 Å². The molecule has 1 rings (SSSR count). The Morgan fingerprint density at radius 3 is 2.56 bits per heavy atom. The first-order valence-electron chi connectivity index (χ1n) is 4.75. The predicted molar refractivity (Wildman–Crippen MR) is 66.6 cm³/mol. The Balaban J connectivity index is 2.91. The lowest BCUT2D eigenvalue weighted by Crippen LogP contribution is -2.20. The molecule has 0 bridgehead atoms. The Labute approximate surface area is 103 Å². The zero-order chi connectivity index (χ0) is 12.1. The van der Waals surface area contributed by atoms with E-state index in [0.29, 0.717) is 17.2 Å². The van der Waals surface area contributed by atoms with Crippen LogP contribution in [-0.4, -0.2) is 25.0 Å². The summed E-state index contributed by atoms with van der Waals surface area (Å²) in [4.78, 5) is 11.2. The first kappa shape index (κ1) is 12.8. The number of alkyl halides is 1. The van der Waals surface area contributed by atoms with E-state index in [-0.39, 0.29) is 10.7 Å². The van der Waals surface area contributed by atoms with Crippen LogP contribution in [0.5, 0.6) is 11.5 Å². The number of rotatable bonds is 4. The zero-order valence-electron chi connectivity index (χ0n) is 9.41. The smallest absolute Gasteiger partial charge is 0.237 e. The molecule has 0 saturated carbocycles. The third-order valence-corrected chi connectivity index (χ3v) is 2.44. The van der Waals surface area contributed by atoms with Gasteiger partial charge in [0.1, 0.15) is 11.5 Å². The molecule has 1 aromatic carbocycles. The molecule has 16 heavy (non-hydrogen) atoms. The van der Waals surface area contributed by atoms with Gasteiger partial charge in [0.2, 0.25) is 5.91 Å². The first-order chi connectivity index (χ1) is 7.58. The quantitative estimate of drug-likeness (QED) is 0.866. The van der Waals surface area contributed by atoms with E-state index in [2.05, 4.69) is 21.2 Å². The van der Waals surface area contributed by atoms with E-state index in [1.165, 1.54) is 0 Å². The number of ether oxygens (including phenoxy) is 2. The summed E-state index contributed by atoms with van der Waals surface area (Å²) in [5, 5.41) is 2.75. The van der Waals surface area contributed by atoms with Crippen LogP contribution in [0.15, 0.2) is 18.2 Å². The second kappa shape index (κ2) is 5.75. The van der Waals surface area contributed by atoms with Crippen molar-refractivity contribution in [1.82, 2.24) is 0 Å². The highest BCUT2D eigenvalue weighted by Crippen LogP contribution is 2.29. The maximum absolute atomic E-state index is 11.5. The van der Waals surface area contributed by atoms with Gasteiger partial charge in [-0.15, -0.1) is 0 Å². The van der Waals surface area contributed by atoms with E-state index >= 15 is 0 Å². The van der Waals surface area contributed by atoms with Crippen molar-refractivity contribution in [1.29, 1.82) is 0 Å². The Bertz CT molecular complexity index is 379. The Kier molecular flexibility index (Phi) is 4.61. The van der Waals surface area contributed by atoms with Crippen molar-refractivity contribution in [2.45, 2.75) is 11.8 Å². The fraction of sp³-hybridized carbons (Fsp3) is 0.364. The van der Waals surface area contributed by atoms with Gasteiger partial charge in [0.05, 0.1) is 24.7 Å². The van der Waals surface area contributed by atoms with E-state index in [9.17, 15) is 4.79 Å². The fourth-order valence-electron chi connectivity index (χ4n) is 1.13. The standard InChI is InChI=1S/C11H14BrNO3/c1-7(12)11(14)13-9-5-4-8(15-2)6-10(9)16-3/h4-7H,1-3H3,(H,13,14)/t7-/m1/s1. The zero-order valence-corrected chi connectivity index (χ0v) is 11.0. The average Bonchev–Trinajstić information content (AvgIpc) is 2.29. The lowest BCUT2D eigenvalue weighted by molar-refractivity contribution is -0.115. The minimum atomic E-state index is -0.251. The summed E-state index contributed by atoms with van der Waals surface area (Å²) in [6.45, 7) is 1.76. The van der Waals surface area contributed by atoms with Crippen LogP contribution in [0, 0.1) is 0 Å². The van der Waals surface area contributed by atoms with Crippen LogP contribution in [0.4, 0.5) is 5.69 Å². The number of hydrogen-bond acceptors (Lipinski definition) is 3. The first-order valence-corrected chi connectivity index (χ1v) is 5.67. The number of hydrogen-bond donors (Lipinski definition) is 1. The summed E-state index contributed by atoms with van der Waals surface area (Å²) < 4.78 is 10.2. The molecule has 0 aromatic heterocycles. The Morgan fingerprint density at radius 2 is 2.06 bits per heavy atom. The molecule has 0 aliphatic rings. The number of nitrogens with one attached hydrogen (secondary N) is 1. The number of methoxy groups -OCH3 is 2. The van der Waals surface area contributed by atoms with Gasteiger partial charge in [-0.3, -0.25) is 4.79 Å². The molecule has 1 aromatic rings. The van der Waals surface area contributed by atoms with Crippen LogP contribution in [0.1, 0.15) is 6.92 Å². The topological polar surface area (TPSA) is 47.6 Å². The number of amides is 1. The SMILES string of the molecule is COc1ccc(NC(=O)[C@@H](C)Br)c(OC)c1. The highest BCUT2D eigenvalue weighted by molar-refractivity contribution is 9.10. The summed E-state index contributed by atoms with van der Waals surface area (Å²) in [6.07, 6.45) is 0. The van der Waals surface area contributed by atoms with E-state index in [1.54, 1.807) is 39.3 Å². The van der Waals surface area contributed by atoms with E-state index in [0.717, 1.165) is 0 Å². The maximum atomic E-state index is 11.5. The summed E-state index contributed by atoms with van der Waals surface area (Å²) in [5.74, 6) is 1.13. The highest BCUT2D eigenvalue weighted by atomic mass is 79.9. The van der Waals surface area contributed by atoms with Crippen LogP contribution in [-0.2, 0) is 4.79 Å². The molecule has 5 heteroatoms. The number of anilines is 1. The minimum absolute atomic E-state index is 0.122. The third kappa shape index (κ3) is 3.13. The third-order valence-electron chi connectivity index (χ3n) is 2.03. The summed E-state index contributed by atoms with van der Waals surface area (Å²) >= 11 is 3.19. The molecule has 88 valence electrons. The molecular weight excluding hydrogens is 274 g/mol. The van der Waals surface area contributed by atoms with Crippen LogP contribution >= 0.6 is 15.9 Å². The number of carbonyl (C=O) groups excluding carboxylic acids is 1. The van der Waals surface area contributed by atoms with Gasteiger partial charge in [-0.1, -0.05) is 15.9 Å². The normalized spacial score (nSPS) is 11.8. The fourth-order valence-corrected chi connectivity index (χ4v) is 1.25. The van der Waals surface area contributed by atoms with Crippen molar-refractivity contribution in [2.75, 3.05) is 19.5 Å². The molecule has 4 nitrogen and oxygen atoms in total.